The number of rotatable bonds is 17. The molecule has 0 saturated heterocycles. The van der Waals surface area contributed by atoms with Gasteiger partial charge in [-0.25, -0.2) is 0 Å². The molecule has 8 heteroatoms. The number of hydrogen-bond donors (Lipinski definition) is 0. The lowest BCUT2D eigenvalue weighted by Crippen LogP contribution is -2.26. The Morgan fingerprint density at radius 2 is 1.25 bits per heavy atom. The van der Waals surface area contributed by atoms with E-state index in [2.05, 4.69) is 0 Å². The molecule has 0 fully saturated rings. The van der Waals surface area contributed by atoms with Crippen LogP contribution in [0.1, 0.15) is 13.8 Å². The van der Waals surface area contributed by atoms with E-state index in [1.54, 1.807) is 0 Å². The van der Waals surface area contributed by atoms with Crippen molar-refractivity contribution in [3.05, 3.63) is 30.3 Å². The zero-order chi connectivity index (χ0) is 20.7. The van der Waals surface area contributed by atoms with Crippen LogP contribution in [0.25, 0.3) is 0 Å². The highest BCUT2D eigenvalue weighted by Gasteiger charge is 2.30. The van der Waals surface area contributed by atoms with Crippen molar-refractivity contribution in [1.29, 1.82) is 0 Å². The zero-order valence-corrected chi connectivity index (χ0v) is 19.3. The van der Waals surface area contributed by atoms with E-state index < -0.39 is 7.14 Å². The molecule has 0 N–H and O–H groups in total. The van der Waals surface area contributed by atoms with Crippen LogP contribution in [0.4, 0.5) is 0 Å². The van der Waals surface area contributed by atoms with Gasteiger partial charge in [-0.3, -0.25) is 0 Å². The minimum Gasteiger partial charge on any atom is -0.378 e. The summed E-state index contributed by atoms with van der Waals surface area (Å²) in [6, 6.07) is 9.61. The fourth-order valence-electron chi connectivity index (χ4n) is 2.85. The molecule has 0 radical (unpaired) electrons. The van der Waals surface area contributed by atoms with Crippen molar-refractivity contribution >= 4 is 35.6 Å². The molecule has 0 aliphatic carbocycles. The average Bonchev–Trinajstić information content (AvgIpc) is 2.68. The average molecular weight is 455 g/mol. The molecule has 1 rings (SSSR count). The maximum atomic E-state index is 13.8. The molecule has 0 saturated carbocycles. The molecule has 0 aromatic heterocycles. The Labute approximate surface area is 179 Å². The summed E-state index contributed by atoms with van der Waals surface area (Å²) < 4.78 is 36.1. The van der Waals surface area contributed by atoms with Gasteiger partial charge in [0.05, 0.1) is 51.8 Å². The van der Waals surface area contributed by atoms with Crippen molar-refractivity contribution in [3.63, 3.8) is 0 Å². The Bertz CT molecular complexity index is 521. The van der Waals surface area contributed by atoms with Crippen molar-refractivity contribution < 1.29 is 23.5 Å². The Morgan fingerprint density at radius 1 is 0.786 bits per heavy atom. The maximum Gasteiger partial charge on any atom is 0.120 e. The Balaban J connectivity index is 2.59. The lowest BCUT2D eigenvalue weighted by molar-refractivity contribution is 0.0219. The zero-order valence-electron chi connectivity index (χ0n) is 16.9. The lowest BCUT2D eigenvalue weighted by Gasteiger charge is -2.25. The van der Waals surface area contributed by atoms with Crippen LogP contribution in [0.2, 0.25) is 0 Å². The van der Waals surface area contributed by atoms with Crippen molar-refractivity contribution in [1.82, 2.24) is 0 Å². The third kappa shape index (κ3) is 11.2. The summed E-state index contributed by atoms with van der Waals surface area (Å²) in [6.45, 7) is 6.78. The summed E-state index contributed by atoms with van der Waals surface area (Å²) >= 11 is 11.2. The largest absolute Gasteiger partial charge is 0.378 e. The number of ether oxygens (including phenoxy) is 4. The van der Waals surface area contributed by atoms with Gasteiger partial charge in [0, 0.05) is 29.4 Å². The van der Waals surface area contributed by atoms with Crippen LogP contribution in [0.3, 0.4) is 0 Å². The first-order valence-electron chi connectivity index (χ1n) is 9.66. The van der Waals surface area contributed by atoms with E-state index in [1.807, 2.05) is 44.2 Å². The van der Waals surface area contributed by atoms with Gasteiger partial charge in [-0.05, 0) is 13.8 Å². The van der Waals surface area contributed by atoms with Crippen molar-refractivity contribution in [2.45, 2.75) is 26.1 Å². The molecule has 0 bridgehead atoms. The fraction of sp³-hybridized carbons (Fsp3) is 0.700. The van der Waals surface area contributed by atoms with Gasteiger partial charge < -0.3 is 23.5 Å². The van der Waals surface area contributed by atoms with Gasteiger partial charge in [0.2, 0.25) is 0 Å². The molecule has 0 heterocycles. The molecule has 0 aliphatic heterocycles. The van der Waals surface area contributed by atoms with Gasteiger partial charge in [-0.1, -0.05) is 30.3 Å². The second-order valence-corrected chi connectivity index (χ2v) is 10.3. The van der Waals surface area contributed by atoms with Crippen LogP contribution in [0.15, 0.2) is 30.3 Å². The monoisotopic (exact) mass is 454 g/mol. The van der Waals surface area contributed by atoms with E-state index in [4.69, 9.17) is 42.1 Å². The summed E-state index contributed by atoms with van der Waals surface area (Å²) in [7, 11) is -2.68. The predicted molar refractivity (Wildman–Crippen MR) is 117 cm³/mol. The highest BCUT2D eigenvalue weighted by molar-refractivity contribution is 7.71. The molecular formula is C20H33Cl2O5P. The summed E-state index contributed by atoms with van der Waals surface area (Å²) in [4.78, 5) is 0. The van der Waals surface area contributed by atoms with E-state index in [-0.39, 0.29) is 12.2 Å². The molecular weight excluding hydrogens is 422 g/mol. The number of halogens is 2. The van der Waals surface area contributed by atoms with Crippen LogP contribution in [-0.4, -0.2) is 75.9 Å². The van der Waals surface area contributed by atoms with Crippen LogP contribution in [-0.2, 0) is 23.5 Å². The first-order chi connectivity index (χ1) is 13.5. The Kier molecular flexibility index (Phi) is 14.5. The Morgan fingerprint density at radius 3 is 1.68 bits per heavy atom. The molecule has 0 spiro atoms. The van der Waals surface area contributed by atoms with Crippen molar-refractivity contribution in [3.8, 4) is 0 Å². The van der Waals surface area contributed by atoms with Crippen LogP contribution >= 0.6 is 30.3 Å². The van der Waals surface area contributed by atoms with E-state index >= 15 is 0 Å². The third-order valence-corrected chi connectivity index (χ3v) is 7.79. The Hall–Kier alpha value is -0.130. The minimum absolute atomic E-state index is 0.148. The third-order valence-electron chi connectivity index (χ3n) is 4.03. The van der Waals surface area contributed by atoms with E-state index in [1.165, 1.54) is 0 Å². The fourth-order valence-corrected chi connectivity index (χ4v) is 6.23. The molecule has 0 unspecified atom stereocenters. The summed E-state index contributed by atoms with van der Waals surface area (Å²) in [5.41, 5.74) is 0. The SMILES string of the molecule is C[C@@H](CP(=O)(C[C@H](C)OCCOCCCl)c1ccccc1)OCCOCCCl. The molecule has 2 atom stereocenters. The maximum absolute atomic E-state index is 13.8. The smallest absolute Gasteiger partial charge is 0.120 e. The highest BCUT2D eigenvalue weighted by atomic mass is 35.5. The summed E-state index contributed by atoms with van der Waals surface area (Å²) in [6.07, 6.45) is 0.626. The van der Waals surface area contributed by atoms with Crippen LogP contribution in [0, 0.1) is 0 Å². The minimum atomic E-state index is -2.68. The normalized spacial score (nSPS) is 14.1. The van der Waals surface area contributed by atoms with Crippen molar-refractivity contribution in [2.24, 2.45) is 0 Å². The quantitative estimate of drug-likeness (QED) is 0.202. The van der Waals surface area contributed by atoms with E-state index in [9.17, 15) is 4.57 Å². The summed E-state index contributed by atoms with van der Waals surface area (Å²) in [5.74, 6) is 0.932. The van der Waals surface area contributed by atoms with Crippen LogP contribution < -0.4 is 5.30 Å². The second kappa shape index (κ2) is 15.7. The van der Waals surface area contributed by atoms with E-state index in [0.29, 0.717) is 63.7 Å². The van der Waals surface area contributed by atoms with Gasteiger partial charge in [-0.15, -0.1) is 23.2 Å². The number of alkyl halides is 2. The molecule has 0 amide bonds. The first kappa shape index (κ1) is 25.9. The molecule has 0 aliphatic rings. The van der Waals surface area contributed by atoms with E-state index in [0.717, 1.165) is 5.30 Å². The van der Waals surface area contributed by atoms with Gasteiger partial charge in [0.25, 0.3) is 0 Å². The van der Waals surface area contributed by atoms with Crippen LogP contribution in [0.5, 0.6) is 0 Å². The number of hydrogen-bond acceptors (Lipinski definition) is 5. The standard InChI is InChI=1S/C20H33Cl2O5P/c1-18(26-14-12-24-10-8-21)16-28(23,20-6-4-3-5-7-20)17-19(2)27-15-13-25-11-9-22/h3-7,18-19H,8-17H2,1-2H3/t18-,19-/m0/s1. The molecule has 28 heavy (non-hydrogen) atoms. The lowest BCUT2D eigenvalue weighted by atomic mass is 10.4. The molecule has 5 nitrogen and oxygen atoms in total. The first-order valence-corrected chi connectivity index (χ1v) is 12.8. The van der Waals surface area contributed by atoms with Gasteiger partial charge in [0.1, 0.15) is 7.14 Å². The van der Waals surface area contributed by atoms with Crippen molar-refractivity contribution in [2.75, 3.05) is 63.7 Å². The topological polar surface area (TPSA) is 54.0 Å². The molecule has 162 valence electrons. The predicted octanol–water partition coefficient (Wildman–Crippen LogP) is 4.00. The van der Waals surface area contributed by atoms with Gasteiger partial charge >= 0.3 is 0 Å². The number of benzene rings is 1. The highest BCUT2D eigenvalue weighted by Crippen LogP contribution is 2.46. The summed E-state index contributed by atoms with van der Waals surface area (Å²) in [5, 5.41) is 0.859. The molecule has 1 aromatic carbocycles. The second-order valence-electron chi connectivity index (χ2n) is 6.56. The van der Waals surface area contributed by atoms with Gasteiger partial charge in [-0.2, -0.15) is 0 Å². The molecule has 1 aromatic rings. The van der Waals surface area contributed by atoms with Gasteiger partial charge in [0.15, 0.2) is 0 Å².